The Labute approximate surface area is 129 Å². The molecule has 1 N–H and O–H groups in total. The van der Waals surface area contributed by atoms with Gasteiger partial charge >= 0.3 is 5.97 Å². The zero-order valence-corrected chi connectivity index (χ0v) is 12.6. The maximum atomic E-state index is 11.0. The van der Waals surface area contributed by atoms with E-state index in [0.717, 1.165) is 38.3 Å². The van der Waals surface area contributed by atoms with Gasteiger partial charge in [0.25, 0.3) is 0 Å². The topological polar surface area (TPSA) is 71.2 Å². The summed E-state index contributed by atoms with van der Waals surface area (Å²) in [7, 11) is 0. The SMILES string of the molecule is CCn1nccc1C1CCN(c2cccc(C(=O)O)n2)CC1. The molecule has 0 amide bonds. The first-order valence-electron chi connectivity index (χ1n) is 7.66. The summed E-state index contributed by atoms with van der Waals surface area (Å²) in [5.41, 5.74) is 1.40. The highest BCUT2D eigenvalue weighted by Gasteiger charge is 2.24. The predicted molar refractivity (Wildman–Crippen MR) is 83.3 cm³/mol. The van der Waals surface area contributed by atoms with Crippen molar-refractivity contribution in [1.29, 1.82) is 0 Å². The first-order valence-corrected chi connectivity index (χ1v) is 7.66. The third kappa shape index (κ3) is 2.81. The van der Waals surface area contributed by atoms with Gasteiger partial charge in [-0.25, -0.2) is 9.78 Å². The summed E-state index contributed by atoms with van der Waals surface area (Å²) >= 11 is 0. The van der Waals surface area contributed by atoms with Crippen molar-refractivity contribution >= 4 is 11.8 Å². The third-order valence-corrected chi connectivity index (χ3v) is 4.24. The molecule has 0 aromatic carbocycles. The first-order chi connectivity index (χ1) is 10.7. The average Bonchev–Trinajstić information content (AvgIpc) is 3.04. The van der Waals surface area contributed by atoms with Gasteiger partial charge < -0.3 is 10.0 Å². The fourth-order valence-electron chi connectivity index (χ4n) is 3.08. The fourth-order valence-corrected chi connectivity index (χ4v) is 3.08. The number of piperidine rings is 1. The highest BCUT2D eigenvalue weighted by Crippen LogP contribution is 2.29. The van der Waals surface area contributed by atoms with E-state index < -0.39 is 5.97 Å². The Kier molecular flexibility index (Phi) is 4.09. The third-order valence-electron chi connectivity index (χ3n) is 4.24. The largest absolute Gasteiger partial charge is 0.477 e. The van der Waals surface area contributed by atoms with Crippen molar-refractivity contribution in [3.05, 3.63) is 41.9 Å². The molecule has 2 aromatic heterocycles. The summed E-state index contributed by atoms with van der Waals surface area (Å²) in [6.07, 6.45) is 3.93. The number of rotatable bonds is 4. The lowest BCUT2D eigenvalue weighted by atomic mass is 9.93. The van der Waals surface area contributed by atoms with Gasteiger partial charge in [-0.05, 0) is 38.0 Å². The highest BCUT2D eigenvalue weighted by atomic mass is 16.4. The first kappa shape index (κ1) is 14.6. The molecule has 1 fully saturated rings. The van der Waals surface area contributed by atoms with Crippen molar-refractivity contribution < 1.29 is 9.90 Å². The molecule has 0 bridgehead atoms. The molecule has 2 aromatic rings. The molecule has 3 heterocycles. The fraction of sp³-hybridized carbons (Fsp3) is 0.438. The number of carboxylic acid groups (broad SMARTS) is 1. The number of aryl methyl sites for hydroxylation is 1. The van der Waals surface area contributed by atoms with Gasteiger partial charge in [0.2, 0.25) is 0 Å². The lowest BCUT2D eigenvalue weighted by Gasteiger charge is -2.33. The predicted octanol–water partition coefficient (Wildman–Crippen LogP) is 2.38. The van der Waals surface area contributed by atoms with Gasteiger partial charge in [0.05, 0.1) is 0 Å². The Hall–Kier alpha value is -2.37. The van der Waals surface area contributed by atoms with Crippen molar-refractivity contribution in [1.82, 2.24) is 14.8 Å². The maximum Gasteiger partial charge on any atom is 0.354 e. The number of carboxylic acids is 1. The van der Waals surface area contributed by atoms with Gasteiger partial charge in [0.1, 0.15) is 5.82 Å². The molecule has 0 radical (unpaired) electrons. The van der Waals surface area contributed by atoms with Gasteiger partial charge in [-0.15, -0.1) is 0 Å². The summed E-state index contributed by atoms with van der Waals surface area (Å²) in [4.78, 5) is 17.4. The highest BCUT2D eigenvalue weighted by molar-refractivity contribution is 5.85. The number of aromatic nitrogens is 3. The molecule has 1 aliphatic heterocycles. The summed E-state index contributed by atoms with van der Waals surface area (Å²) in [6.45, 7) is 4.77. The number of carbonyl (C=O) groups is 1. The van der Waals surface area contributed by atoms with E-state index in [1.807, 2.05) is 12.3 Å². The van der Waals surface area contributed by atoms with Crippen LogP contribution in [0.5, 0.6) is 0 Å². The van der Waals surface area contributed by atoms with Crippen LogP contribution in [-0.4, -0.2) is 38.9 Å². The van der Waals surface area contributed by atoms with Crippen LogP contribution in [0.1, 0.15) is 41.9 Å². The Morgan fingerprint density at radius 2 is 2.09 bits per heavy atom. The standard InChI is InChI=1S/C16H20N4O2/c1-2-20-14(6-9-17-20)12-7-10-19(11-8-12)15-5-3-4-13(18-15)16(21)22/h3-6,9,12H,2,7-8,10-11H2,1H3,(H,21,22). The van der Waals surface area contributed by atoms with Crippen molar-refractivity contribution in [2.24, 2.45) is 0 Å². The minimum absolute atomic E-state index is 0.101. The molecule has 22 heavy (non-hydrogen) atoms. The number of hydrogen-bond acceptors (Lipinski definition) is 4. The smallest absolute Gasteiger partial charge is 0.354 e. The molecule has 0 atom stereocenters. The molecule has 1 aliphatic rings. The second-order valence-electron chi connectivity index (χ2n) is 5.52. The van der Waals surface area contributed by atoms with Crippen LogP contribution in [0.4, 0.5) is 5.82 Å². The van der Waals surface area contributed by atoms with E-state index in [1.54, 1.807) is 6.07 Å². The monoisotopic (exact) mass is 300 g/mol. The molecule has 3 rings (SSSR count). The van der Waals surface area contributed by atoms with Crippen molar-refractivity contribution in [3.63, 3.8) is 0 Å². The van der Waals surface area contributed by atoms with E-state index in [-0.39, 0.29) is 5.69 Å². The average molecular weight is 300 g/mol. The van der Waals surface area contributed by atoms with Gasteiger partial charge in [0, 0.05) is 37.4 Å². The quantitative estimate of drug-likeness (QED) is 0.938. The van der Waals surface area contributed by atoms with Gasteiger partial charge in [0.15, 0.2) is 5.69 Å². The summed E-state index contributed by atoms with van der Waals surface area (Å²) in [5, 5.41) is 13.4. The number of hydrogen-bond donors (Lipinski definition) is 1. The van der Waals surface area contributed by atoms with Crippen LogP contribution in [0.2, 0.25) is 0 Å². The van der Waals surface area contributed by atoms with E-state index in [9.17, 15) is 4.79 Å². The van der Waals surface area contributed by atoms with Crippen LogP contribution in [0.25, 0.3) is 0 Å². The molecule has 6 nitrogen and oxygen atoms in total. The van der Waals surface area contributed by atoms with Crippen LogP contribution in [0.3, 0.4) is 0 Å². The number of anilines is 1. The maximum absolute atomic E-state index is 11.0. The van der Waals surface area contributed by atoms with Crippen LogP contribution < -0.4 is 4.90 Å². The molecule has 1 saturated heterocycles. The lowest BCUT2D eigenvalue weighted by Crippen LogP contribution is -2.34. The van der Waals surface area contributed by atoms with Gasteiger partial charge in [-0.2, -0.15) is 5.10 Å². The van der Waals surface area contributed by atoms with Crippen LogP contribution in [-0.2, 0) is 6.54 Å². The minimum atomic E-state index is -0.983. The van der Waals surface area contributed by atoms with Crippen LogP contribution >= 0.6 is 0 Å². The van der Waals surface area contributed by atoms with E-state index in [2.05, 4.69) is 32.7 Å². The Bertz CT molecular complexity index is 660. The van der Waals surface area contributed by atoms with Gasteiger partial charge in [-0.1, -0.05) is 6.07 Å². The summed E-state index contributed by atoms with van der Waals surface area (Å²) in [6, 6.07) is 7.26. The Morgan fingerprint density at radius 1 is 1.32 bits per heavy atom. The second kappa shape index (κ2) is 6.17. The Morgan fingerprint density at radius 3 is 2.77 bits per heavy atom. The Balaban J connectivity index is 1.69. The van der Waals surface area contributed by atoms with E-state index in [4.69, 9.17) is 5.11 Å². The molecular formula is C16H20N4O2. The van der Waals surface area contributed by atoms with Crippen molar-refractivity contribution in [2.45, 2.75) is 32.2 Å². The number of pyridine rings is 1. The summed E-state index contributed by atoms with van der Waals surface area (Å²) in [5.74, 6) is 0.285. The molecule has 0 aliphatic carbocycles. The van der Waals surface area contributed by atoms with E-state index >= 15 is 0 Å². The van der Waals surface area contributed by atoms with Gasteiger partial charge in [-0.3, -0.25) is 4.68 Å². The molecule has 0 spiro atoms. The normalized spacial score (nSPS) is 16.0. The molecule has 0 unspecified atom stereocenters. The molecule has 116 valence electrons. The van der Waals surface area contributed by atoms with E-state index in [1.165, 1.54) is 11.8 Å². The number of nitrogens with zero attached hydrogens (tertiary/aromatic N) is 4. The summed E-state index contributed by atoms with van der Waals surface area (Å²) < 4.78 is 2.06. The molecule has 6 heteroatoms. The van der Waals surface area contributed by atoms with Crippen molar-refractivity contribution in [2.75, 3.05) is 18.0 Å². The van der Waals surface area contributed by atoms with Crippen LogP contribution in [0.15, 0.2) is 30.5 Å². The molecular weight excluding hydrogens is 280 g/mol. The zero-order chi connectivity index (χ0) is 15.5. The van der Waals surface area contributed by atoms with Crippen LogP contribution in [0, 0.1) is 0 Å². The second-order valence-corrected chi connectivity index (χ2v) is 5.52. The minimum Gasteiger partial charge on any atom is -0.477 e. The van der Waals surface area contributed by atoms with Crippen molar-refractivity contribution in [3.8, 4) is 0 Å². The number of aromatic carboxylic acids is 1. The lowest BCUT2D eigenvalue weighted by molar-refractivity contribution is 0.0690. The zero-order valence-electron chi connectivity index (χ0n) is 12.6. The van der Waals surface area contributed by atoms with E-state index in [0.29, 0.717) is 5.92 Å². The molecule has 0 saturated carbocycles.